The van der Waals surface area contributed by atoms with Crippen molar-refractivity contribution < 1.29 is 4.92 Å². The van der Waals surface area contributed by atoms with E-state index in [1.54, 1.807) is 12.1 Å². The highest BCUT2D eigenvalue weighted by Crippen LogP contribution is 2.25. The summed E-state index contributed by atoms with van der Waals surface area (Å²) in [6.07, 6.45) is 1.60. The summed E-state index contributed by atoms with van der Waals surface area (Å²) in [6.45, 7) is 0. The predicted molar refractivity (Wildman–Crippen MR) is 48.5 cm³/mol. The van der Waals surface area contributed by atoms with Crippen molar-refractivity contribution >= 4 is 5.69 Å². The topological polar surface area (TPSA) is 69.2 Å². The second kappa shape index (κ2) is 2.81. The molecule has 2 N–H and O–H groups in total. The van der Waals surface area contributed by atoms with Crippen LogP contribution < -0.4 is 5.73 Å². The molecular weight excluding hydrogens is 168 g/mol. The van der Waals surface area contributed by atoms with Gasteiger partial charge in [-0.1, -0.05) is 6.07 Å². The molecule has 4 heteroatoms. The highest BCUT2D eigenvalue weighted by atomic mass is 16.6. The number of non-ortho nitro benzene ring substituents is 1. The molecule has 2 rings (SSSR count). The van der Waals surface area contributed by atoms with Crippen LogP contribution in [-0.2, 0) is 12.8 Å². The number of nitro benzene ring substituents is 1. The van der Waals surface area contributed by atoms with Crippen LogP contribution >= 0.6 is 0 Å². The van der Waals surface area contributed by atoms with E-state index < -0.39 is 0 Å². The molecule has 1 aromatic rings. The van der Waals surface area contributed by atoms with E-state index in [0.717, 1.165) is 24.0 Å². The molecule has 68 valence electrons. The third-order valence-corrected chi connectivity index (χ3v) is 2.36. The van der Waals surface area contributed by atoms with Gasteiger partial charge in [-0.25, -0.2) is 0 Å². The summed E-state index contributed by atoms with van der Waals surface area (Å²) in [6, 6.07) is 5.11. The van der Waals surface area contributed by atoms with Gasteiger partial charge in [-0.15, -0.1) is 0 Å². The first kappa shape index (κ1) is 8.19. The van der Waals surface area contributed by atoms with Crippen LogP contribution in [0.25, 0.3) is 0 Å². The molecule has 0 amide bonds. The largest absolute Gasteiger partial charge is 0.327 e. The summed E-state index contributed by atoms with van der Waals surface area (Å²) in [5, 5.41) is 10.5. The molecule has 0 spiro atoms. The number of hydrogen-bond donors (Lipinski definition) is 1. The minimum Gasteiger partial charge on any atom is -0.327 e. The fourth-order valence-corrected chi connectivity index (χ4v) is 1.75. The first-order valence-corrected chi connectivity index (χ1v) is 4.18. The smallest absolute Gasteiger partial charge is 0.269 e. The maximum Gasteiger partial charge on any atom is 0.269 e. The van der Waals surface area contributed by atoms with Gasteiger partial charge in [0.2, 0.25) is 0 Å². The van der Waals surface area contributed by atoms with Gasteiger partial charge in [-0.05, 0) is 24.0 Å². The van der Waals surface area contributed by atoms with E-state index in [0.29, 0.717) is 0 Å². The van der Waals surface area contributed by atoms with Crippen molar-refractivity contribution in [3.05, 3.63) is 39.4 Å². The normalized spacial score (nSPS) is 19.9. The average molecular weight is 178 g/mol. The lowest BCUT2D eigenvalue weighted by molar-refractivity contribution is -0.384. The zero-order valence-electron chi connectivity index (χ0n) is 7.06. The van der Waals surface area contributed by atoms with Crippen LogP contribution in [0.15, 0.2) is 18.2 Å². The van der Waals surface area contributed by atoms with Crippen molar-refractivity contribution in [3.8, 4) is 0 Å². The Morgan fingerprint density at radius 3 is 2.77 bits per heavy atom. The van der Waals surface area contributed by atoms with E-state index in [1.807, 2.05) is 0 Å². The number of hydrogen-bond acceptors (Lipinski definition) is 3. The second-order valence-electron chi connectivity index (χ2n) is 3.38. The quantitative estimate of drug-likeness (QED) is 0.515. The molecule has 13 heavy (non-hydrogen) atoms. The molecular formula is C9H10N2O2. The Labute approximate surface area is 75.5 Å². The Morgan fingerprint density at radius 1 is 1.38 bits per heavy atom. The van der Waals surface area contributed by atoms with E-state index in [9.17, 15) is 10.1 Å². The summed E-state index contributed by atoms with van der Waals surface area (Å²) < 4.78 is 0. The Morgan fingerprint density at radius 2 is 2.08 bits per heavy atom. The zero-order valence-corrected chi connectivity index (χ0v) is 7.06. The molecule has 1 aromatic carbocycles. The summed E-state index contributed by atoms with van der Waals surface area (Å²) in [5.41, 5.74) is 8.08. The molecule has 0 fully saturated rings. The molecule has 0 saturated carbocycles. The van der Waals surface area contributed by atoms with Crippen molar-refractivity contribution in [3.63, 3.8) is 0 Å². The minimum absolute atomic E-state index is 0.136. The van der Waals surface area contributed by atoms with Crippen LogP contribution in [0.5, 0.6) is 0 Å². The fraction of sp³-hybridized carbons (Fsp3) is 0.333. The van der Waals surface area contributed by atoms with Crippen LogP contribution in [0.3, 0.4) is 0 Å². The summed E-state index contributed by atoms with van der Waals surface area (Å²) >= 11 is 0. The van der Waals surface area contributed by atoms with Gasteiger partial charge in [0.15, 0.2) is 0 Å². The van der Waals surface area contributed by atoms with E-state index in [-0.39, 0.29) is 16.7 Å². The minimum atomic E-state index is -0.371. The Bertz CT molecular complexity index is 363. The maximum atomic E-state index is 10.5. The van der Waals surface area contributed by atoms with E-state index >= 15 is 0 Å². The standard InChI is InChI=1S/C9H10N2O2/c10-8-3-6-1-2-9(11(12)13)5-7(6)4-8/h1-2,5,8H,3-4,10H2/t8-/m1/s1. The monoisotopic (exact) mass is 178 g/mol. The van der Waals surface area contributed by atoms with Crippen LogP contribution in [0, 0.1) is 10.1 Å². The molecule has 0 aliphatic heterocycles. The molecule has 1 aliphatic carbocycles. The molecule has 0 saturated heterocycles. The van der Waals surface area contributed by atoms with Crippen LogP contribution in [0.1, 0.15) is 11.1 Å². The first-order chi connectivity index (χ1) is 6.16. The number of nitro groups is 1. The van der Waals surface area contributed by atoms with Gasteiger partial charge in [-0.3, -0.25) is 10.1 Å². The Kier molecular flexibility index (Phi) is 1.77. The van der Waals surface area contributed by atoms with E-state index in [4.69, 9.17) is 5.73 Å². The van der Waals surface area contributed by atoms with E-state index in [2.05, 4.69) is 0 Å². The Balaban J connectivity index is 2.40. The predicted octanol–water partition coefficient (Wildman–Crippen LogP) is 1.02. The molecule has 0 heterocycles. The summed E-state index contributed by atoms with van der Waals surface area (Å²) in [4.78, 5) is 10.1. The van der Waals surface area contributed by atoms with Gasteiger partial charge < -0.3 is 5.73 Å². The fourth-order valence-electron chi connectivity index (χ4n) is 1.75. The first-order valence-electron chi connectivity index (χ1n) is 4.18. The lowest BCUT2D eigenvalue weighted by Crippen LogP contribution is -2.18. The van der Waals surface area contributed by atoms with Gasteiger partial charge in [0.05, 0.1) is 4.92 Å². The summed E-state index contributed by atoms with van der Waals surface area (Å²) in [5.74, 6) is 0. The van der Waals surface area contributed by atoms with Crippen LogP contribution in [0.4, 0.5) is 5.69 Å². The number of fused-ring (bicyclic) bond motifs is 1. The third-order valence-electron chi connectivity index (χ3n) is 2.36. The van der Waals surface area contributed by atoms with Gasteiger partial charge in [0.1, 0.15) is 0 Å². The zero-order chi connectivity index (χ0) is 9.42. The van der Waals surface area contributed by atoms with Crippen LogP contribution in [-0.4, -0.2) is 11.0 Å². The lowest BCUT2D eigenvalue weighted by Gasteiger charge is -1.96. The molecule has 0 radical (unpaired) electrons. The van der Waals surface area contributed by atoms with Gasteiger partial charge >= 0.3 is 0 Å². The van der Waals surface area contributed by atoms with Crippen molar-refractivity contribution in [1.29, 1.82) is 0 Å². The van der Waals surface area contributed by atoms with Crippen molar-refractivity contribution in [2.45, 2.75) is 18.9 Å². The number of nitrogens with zero attached hydrogens (tertiary/aromatic N) is 1. The molecule has 0 bridgehead atoms. The number of benzene rings is 1. The molecule has 0 aromatic heterocycles. The highest BCUT2D eigenvalue weighted by molar-refractivity contribution is 5.43. The van der Waals surface area contributed by atoms with Gasteiger partial charge in [0, 0.05) is 18.2 Å². The average Bonchev–Trinajstić information content (AvgIpc) is 2.42. The van der Waals surface area contributed by atoms with Crippen molar-refractivity contribution in [1.82, 2.24) is 0 Å². The number of rotatable bonds is 1. The van der Waals surface area contributed by atoms with Crippen molar-refractivity contribution in [2.75, 3.05) is 0 Å². The molecule has 0 unspecified atom stereocenters. The SMILES string of the molecule is N[C@@H]1Cc2ccc([N+](=O)[O-])cc2C1. The maximum absolute atomic E-state index is 10.5. The third kappa shape index (κ3) is 1.40. The Hall–Kier alpha value is -1.42. The highest BCUT2D eigenvalue weighted by Gasteiger charge is 2.20. The van der Waals surface area contributed by atoms with Gasteiger partial charge in [-0.2, -0.15) is 0 Å². The van der Waals surface area contributed by atoms with Gasteiger partial charge in [0.25, 0.3) is 5.69 Å². The lowest BCUT2D eigenvalue weighted by atomic mass is 10.1. The second-order valence-corrected chi connectivity index (χ2v) is 3.38. The number of nitrogens with two attached hydrogens (primary N) is 1. The van der Waals surface area contributed by atoms with E-state index in [1.165, 1.54) is 6.07 Å². The molecule has 1 atom stereocenters. The van der Waals surface area contributed by atoms with Crippen LogP contribution in [0.2, 0.25) is 0 Å². The summed E-state index contributed by atoms with van der Waals surface area (Å²) in [7, 11) is 0. The van der Waals surface area contributed by atoms with Crippen molar-refractivity contribution in [2.24, 2.45) is 5.73 Å². The molecule has 1 aliphatic rings. The molecule has 4 nitrogen and oxygen atoms in total.